The number of hydrogen-bond donors (Lipinski definition) is 1. The Kier molecular flexibility index (Phi) is 4.42. The minimum Gasteiger partial charge on any atom is -0.490 e. The molecule has 0 amide bonds. The second-order valence-electron chi connectivity index (χ2n) is 4.20. The molecule has 0 aliphatic rings. The van der Waals surface area contributed by atoms with Crippen molar-refractivity contribution in [2.75, 3.05) is 6.61 Å². The summed E-state index contributed by atoms with van der Waals surface area (Å²) in [6.07, 6.45) is -0.574. The maximum Gasteiger partial charge on any atom is 0.169 e. The lowest BCUT2D eigenvalue weighted by Gasteiger charge is -2.15. The summed E-state index contributed by atoms with van der Waals surface area (Å²) in [4.78, 5) is 0. The Balaban J connectivity index is 2.31. The number of ether oxygens (including phenoxy) is 2. The molecule has 2 aromatic carbocycles. The Hall–Kier alpha value is -2.00. The van der Waals surface area contributed by atoms with Crippen molar-refractivity contribution in [1.29, 1.82) is 0 Å². The molecular formula is C16H18O3. The Morgan fingerprint density at radius 1 is 0.947 bits per heavy atom. The molecule has 0 saturated heterocycles. The average Bonchev–Trinajstić information content (AvgIpc) is 2.42. The third-order valence-corrected chi connectivity index (χ3v) is 2.74. The van der Waals surface area contributed by atoms with Crippen molar-refractivity contribution < 1.29 is 14.6 Å². The van der Waals surface area contributed by atoms with Crippen LogP contribution in [0, 0.1) is 0 Å². The Morgan fingerprint density at radius 3 is 2.16 bits per heavy atom. The van der Waals surface area contributed by atoms with E-state index < -0.39 is 6.10 Å². The molecule has 0 radical (unpaired) electrons. The number of aliphatic hydroxyl groups is 1. The summed E-state index contributed by atoms with van der Waals surface area (Å²) in [6.45, 7) is 4.23. The van der Waals surface area contributed by atoms with Crippen molar-refractivity contribution in [3.8, 4) is 17.2 Å². The second kappa shape index (κ2) is 6.25. The van der Waals surface area contributed by atoms with Crippen LogP contribution in [0.1, 0.15) is 25.5 Å². The van der Waals surface area contributed by atoms with E-state index in [4.69, 9.17) is 9.47 Å². The van der Waals surface area contributed by atoms with E-state index in [0.29, 0.717) is 23.9 Å². The third kappa shape index (κ3) is 3.26. The molecule has 0 aliphatic heterocycles. The summed E-state index contributed by atoms with van der Waals surface area (Å²) in [7, 11) is 0. The van der Waals surface area contributed by atoms with Gasteiger partial charge in [-0.15, -0.1) is 0 Å². The van der Waals surface area contributed by atoms with E-state index in [1.54, 1.807) is 6.92 Å². The first-order valence-corrected chi connectivity index (χ1v) is 6.39. The van der Waals surface area contributed by atoms with Gasteiger partial charge >= 0.3 is 0 Å². The minimum atomic E-state index is -0.574. The molecule has 1 atom stereocenters. The SMILES string of the molecule is CCOc1ccccc1Oc1ccccc1C(C)O. The molecule has 0 bridgehead atoms. The molecule has 0 saturated carbocycles. The Morgan fingerprint density at radius 2 is 1.53 bits per heavy atom. The van der Waals surface area contributed by atoms with Crippen molar-refractivity contribution in [1.82, 2.24) is 0 Å². The van der Waals surface area contributed by atoms with Crippen LogP contribution in [-0.4, -0.2) is 11.7 Å². The molecule has 19 heavy (non-hydrogen) atoms. The lowest BCUT2D eigenvalue weighted by Crippen LogP contribution is -1.98. The first kappa shape index (κ1) is 13.4. The quantitative estimate of drug-likeness (QED) is 0.883. The van der Waals surface area contributed by atoms with Gasteiger partial charge in [0.2, 0.25) is 0 Å². The molecular weight excluding hydrogens is 240 g/mol. The van der Waals surface area contributed by atoms with E-state index in [-0.39, 0.29) is 0 Å². The fourth-order valence-corrected chi connectivity index (χ4v) is 1.85. The van der Waals surface area contributed by atoms with Gasteiger partial charge in [-0.1, -0.05) is 30.3 Å². The summed E-state index contributed by atoms with van der Waals surface area (Å²) in [6, 6.07) is 15.0. The van der Waals surface area contributed by atoms with Crippen LogP contribution in [0.15, 0.2) is 48.5 Å². The van der Waals surface area contributed by atoms with Gasteiger partial charge in [0.25, 0.3) is 0 Å². The van der Waals surface area contributed by atoms with Crippen molar-refractivity contribution in [3.05, 3.63) is 54.1 Å². The highest BCUT2D eigenvalue weighted by Gasteiger charge is 2.11. The zero-order valence-electron chi connectivity index (χ0n) is 11.2. The van der Waals surface area contributed by atoms with E-state index in [1.165, 1.54) is 0 Å². The average molecular weight is 258 g/mol. The molecule has 2 rings (SSSR count). The van der Waals surface area contributed by atoms with Crippen LogP contribution in [0.25, 0.3) is 0 Å². The highest BCUT2D eigenvalue weighted by Crippen LogP contribution is 2.34. The van der Waals surface area contributed by atoms with E-state index >= 15 is 0 Å². The van der Waals surface area contributed by atoms with Gasteiger partial charge in [-0.2, -0.15) is 0 Å². The van der Waals surface area contributed by atoms with Gasteiger partial charge in [0.05, 0.1) is 12.7 Å². The molecule has 0 heterocycles. The van der Waals surface area contributed by atoms with Crippen LogP contribution in [0.3, 0.4) is 0 Å². The minimum absolute atomic E-state index is 0.574. The third-order valence-electron chi connectivity index (χ3n) is 2.74. The highest BCUT2D eigenvalue weighted by molar-refractivity contribution is 5.45. The van der Waals surface area contributed by atoms with Gasteiger partial charge in [0.1, 0.15) is 5.75 Å². The molecule has 3 nitrogen and oxygen atoms in total. The fraction of sp³-hybridized carbons (Fsp3) is 0.250. The first-order valence-electron chi connectivity index (χ1n) is 6.39. The number of rotatable bonds is 5. The van der Waals surface area contributed by atoms with Gasteiger partial charge < -0.3 is 14.6 Å². The van der Waals surface area contributed by atoms with Crippen molar-refractivity contribution in [3.63, 3.8) is 0 Å². The maximum atomic E-state index is 9.74. The molecule has 0 spiro atoms. The van der Waals surface area contributed by atoms with Crippen LogP contribution in [-0.2, 0) is 0 Å². The molecule has 0 aromatic heterocycles. The largest absolute Gasteiger partial charge is 0.490 e. The monoisotopic (exact) mass is 258 g/mol. The van der Waals surface area contributed by atoms with Crippen LogP contribution in [0.2, 0.25) is 0 Å². The number of aliphatic hydroxyl groups excluding tert-OH is 1. The molecule has 0 aliphatic carbocycles. The van der Waals surface area contributed by atoms with Gasteiger partial charge in [-0.3, -0.25) is 0 Å². The lowest BCUT2D eigenvalue weighted by atomic mass is 10.1. The van der Waals surface area contributed by atoms with Crippen LogP contribution in [0.4, 0.5) is 0 Å². The molecule has 100 valence electrons. The zero-order chi connectivity index (χ0) is 13.7. The normalized spacial score (nSPS) is 11.9. The van der Waals surface area contributed by atoms with E-state index in [1.807, 2.05) is 55.5 Å². The van der Waals surface area contributed by atoms with E-state index in [9.17, 15) is 5.11 Å². The predicted molar refractivity (Wildman–Crippen MR) is 74.8 cm³/mol. The van der Waals surface area contributed by atoms with Gasteiger partial charge in [0.15, 0.2) is 11.5 Å². The Labute approximate surface area is 113 Å². The van der Waals surface area contributed by atoms with E-state index in [2.05, 4.69) is 0 Å². The van der Waals surface area contributed by atoms with Gasteiger partial charge in [-0.25, -0.2) is 0 Å². The molecule has 3 heteroatoms. The summed E-state index contributed by atoms with van der Waals surface area (Å²) < 4.78 is 11.4. The molecule has 1 unspecified atom stereocenters. The fourth-order valence-electron chi connectivity index (χ4n) is 1.85. The second-order valence-corrected chi connectivity index (χ2v) is 4.20. The van der Waals surface area contributed by atoms with Crippen molar-refractivity contribution >= 4 is 0 Å². The molecule has 2 aromatic rings. The van der Waals surface area contributed by atoms with Crippen LogP contribution < -0.4 is 9.47 Å². The van der Waals surface area contributed by atoms with Crippen molar-refractivity contribution in [2.24, 2.45) is 0 Å². The smallest absolute Gasteiger partial charge is 0.169 e. The predicted octanol–water partition coefficient (Wildman–Crippen LogP) is 3.93. The Bertz CT molecular complexity index is 535. The maximum absolute atomic E-state index is 9.74. The first-order chi connectivity index (χ1) is 9.22. The van der Waals surface area contributed by atoms with E-state index in [0.717, 1.165) is 5.56 Å². The molecule has 1 N–H and O–H groups in total. The topological polar surface area (TPSA) is 38.7 Å². The summed E-state index contributed by atoms with van der Waals surface area (Å²) in [5.74, 6) is 1.99. The number of para-hydroxylation sites is 3. The summed E-state index contributed by atoms with van der Waals surface area (Å²) in [5, 5.41) is 9.74. The molecule has 0 fully saturated rings. The van der Waals surface area contributed by atoms with Crippen molar-refractivity contribution in [2.45, 2.75) is 20.0 Å². The summed E-state index contributed by atoms with van der Waals surface area (Å²) >= 11 is 0. The zero-order valence-corrected chi connectivity index (χ0v) is 11.2. The van der Waals surface area contributed by atoms with Crippen LogP contribution >= 0.6 is 0 Å². The highest BCUT2D eigenvalue weighted by atomic mass is 16.5. The van der Waals surface area contributed by atoms with Gasteiger partial charge in [-0.05, 0) is 32.0 Å². The number of benzene rings is 2. The van der Waals surface area contributed by atoms with Crippen LogP contribution in [0.5, 0.6) is 17.2 Å². The number of hydrogen-bond acceptors (Lipinski definition) is 3. The lowest BCUT2D eigenvalue weighted by molar-refractivity contribution is 0.195. The standard InChI is InChI=1S/C16H18O3/c1-3-18-15-10-6-7-11-16(15)19-14-9-5-4-8-13(14)12(2)17/h4-12,17H,3H2,1-2H3. The summed E-state index contributed by atoms with van der Waals surface area (Å²) in [5.41, 5.74) is 0.758. The van der Waals surface area contributed by atoms with Gasteiger partial charge in [0, 0.05) is 5.56 Å².